The van der Waals surface area contributed by atoms with Crippen LogP contribution in [-0.4, -0.2) is 46.0 Å². The van der Waals surface area contributed by atoms with Gasteiger partial charge in [-0.15, -0.1) is 0 Å². The number of rotatable bonds is 6. The lowest BCUT2D eigenvalue weighted by Gasteiger charge is -2.36. The standard InChI is InChI=1S/C12H21N7O2/c1-18(2)12(5-3-4-6-12)8-15-10-9(19(20)21)7-14-11(16-10)17-13/h7H,3-6,8,13H2,1-2H3,(H2,14,15,16,17). The van der Waals surface area contributed by atoms with E-state index in [2.05, 4.69) is 25.6 Å². The maximum absolute atomic E-state index is 11.1. The molecular weight excluding hydrogens is 274 g/mol. The third-order valence-electron chi connectivity index (χ3n) is 4.16. The average molecular weight is 295 g/mol. The predicted octanol–water partition coefficient (Wildman–Crippen LogP) is 0.957. The van der Waals surface area contributed by atoms with Crippen LogP contribution in [0.1, 0.15) is 25.7 Å². The van der Waals surface area contributed by atoms with Crippen LogP contribution in [0.4, 0.5) is 17.5 Å². The average Bonchev–Trinajstić information content (AvgIpc) is 2.94. The molecule has 0 spiro atoms. The largest absolute Gasteiger partial charge is 0.362 e. The third kappa shape index (κ3) is 3.19. The molecule has 0 unspecified atom stereocenters. The normalized spacial score (nSPS) is 17.0. The van der Waals surface area contributed by atoms with Gasteiger partial charge in [-0.1, -0.05) is 12.8 Å². The second kappa shape index (κ2) is 6.19. The van der Waals surface area contributed by atoms with E-state index in [0.29, 0.717) is 6.54 Å². The van der Waals surface area contributed by atoms with Gasteiger partial charge in [-0.05, 0) is 26.9 Å². The van der Waals surface area contributed by atoms with E-state index >= 15 is 0 Å². The highest BCUT2D eigenvalue weighted by Gasteiger charge is 2.36. The summed E-state index contributed by atoms with van der Waals surface area (Å²) in [4.78, 5) is 20.6. The smallest absolute Gasteiger partial charge is 0.329 e. The highest BCUT2D eigenvalue weighted by atomic mass is 16.6. The number of hydrogen-bond donors (Lipinski definition) is 3. The number of nitrogens with zero attached hydrogens (tertiary/aromatic N) is 4. The van der Waals surface area contributed by atoms with Crippen LogP contribution in [0, 0.1) is 10.1 Å². The lowest BCUT2D eigenvalue weighted by atomic mass is 9.96. The van der Waals surface area contributed by atoms with Crippen molar-refractivity contribution >= 4 is 17.5 Å². The second-order valence-electron chi connectivity index (χ2n) is 5.51. The minimum absolute atomic E-state index is 0.00905. The van der Waals surface area contributed by atoms with E-state index < -0.39 is 4.92 Å². The number of likely N-dealkylation sites (N-methyl/N-ethyl adjacent to an activating group) is 1. The van der Waals surface area contributed by atoms with E-state index in [1.165, 1.54) is 12.8 Å². The van der Waals surface area contributed by atoms with Crippen molar-refractivity contribution in [1.82, 2.24) is 14.9 Å². The van der Waals surface area contributed by atoms with E-state index in [1.807, 2.05) is 14.1 Å². The molecule has 1 heterocycles. The molecule has 0 atom stereocenters. The molecule has 1 aliphatic carbocycles. The van der Waals surface area contributed by atoms with E-state index in [0.717, 1.165) is 19.0 Å². The molecule has 1 fully saturated rings. The van der Waals surface area contributed by atoms with Gasteiger partial charge in [0.2, 0.25) is 11.8 Å². The lowest BCUT2D eigenvalue weighted by molar-refractivity contribution is -0.384. The van der Waals surface area contributed by atoms with Crippen molar-refractivity contribution in [2.24, 2.45) is 5.84 Å². The van der Waals surface area contributed by atoms with Gasteiger partial charge in [0.25, 0.3) is 0 Å². The molecule has 4 N–H and O–H groups in total. The molecule has 1 aromatic rings. The fourth-order valence-corrected chi connectivity index (χ4v) is 2.77. The van der Waals surface area contributed by atoms with Crippen LogP contribution in [0.2, 0.25) is 0 Å². The SMILES string of the molecule is CN(C)C1(CNc2nc(NN)ncc2[N+](=O)[O-])CCCC1. The van der Waals surface area contributed by atoms with Crippen molar-refractivity contribution in [2.75, 3.05) is 31.4 Å². The minimum Gasteiger partial charge on any atom is -0.362 e. The molecule has 0 saturated heterocycles. The second-order valence-corrected chi connectivity index (χ2v) is 5.51. The number of anilines is 2. The molecule has 9 heteroatoms. The molecule has 0 radical (unpaired) electrons. The van der Waals surface area contributed by atoms with E-state index in [1.54, 1.807) is 0 Å². The molecule has 0 bridgehead atoms. The van der Waals surface area contributed by atoms with Crippen LogP contribution in [0.5, 0.6) is 0 Å². The predicted molar refractivity (Wildman–Crippen MR) is 79.9 cm³/mol. The van der Waals surface area contributed by atoms with Gasteiger partial charge in [0.1, 0.15) is 6.20 Å². The Bertz CT molecular complexity index is 514. The first kappa shape index (κ1) is 15.4. The minimum atomic E-state index is -0.500. The first-order valence-electron chi connectivity index (χ1n) is 6.88. The first-order valence-corrected chi connectivity index (χ1v) is 6.88. The van der Waals surface area contributed by atoms with Gasteiger partial charge in [-0.25, -0.2) is 10.8 Å². The monoisotopic (exact) mass is 295 g/mol. The van der Waals surface area contributed by atoms with Crippen molar-refractivity contribution in [3.63, 3.8) is 0 Å². The molecule has 1 aliphatic rings. The van der Waals surface area contributed by atoms with Crippen molar-refractivity contribution in [2.45, 2.75) is 31.2 Å². The van der Waals surface area contributed by atoms with Gasteiger partial charge in [0.05, 0.1) is 4.92 Å². The van der Waals surface area contributed by atoms with Gasteiger partial charge >= 0.3 is 5.69 Å². The lowest BCUT2D eigenvalue weighted by Crippen LogP contribution is -2.47. The Hall–Kier alpha value is -2.00. The summed E-state index contributed by atoms with van der Waals surface area (Å²) in [5, 5.41) is 14.2. The van der Waals surface area contributed by atoms with Crippen LogP contribution in [0.3, 0.4) is 0 Å². The van der Waals surface area contributed by atoms with E-state index in [4.69, 9.17) is 5.84 Å². The zero-order chi connectivity index (χ0) is 15.5. The number of hydrazine groups is 1. The number of nitrogens with one attached hydrogen (secondary N) is 2. The molecule has 21 heavy (non-hydrogen) atoms. The summed E-state index contributed by atoms with van der Waals surface area (Å²) in [5.41, 5.74) is 2.16. The first-order chi connectivity index (χ1) is 9.98. The van der Waals surface area contributed by atoms with Crippen molar-refractivity contribution in [3.8, 4) is 0 Å². The molecular formula is C12H21N7O2. The molecule has 0 aromatic carbocycles. The number of nitrogen functional groups attached to an aromatic ring is 1. The summed E-state index contributed by atoms with van der Waals surface area (Å²) in [5.74, 6) is 5.59. The maximum atomic E-state index is 11.1. The number of nitro groups is 1. The molecule has 1 aromatic heterocycles. The summed E-state index contributed by atoms with van der Waals surface area (Å²) < 4.78 is 0. The number of aromatic nitrogens is 2. The van der Waals surface area contributed by atoms with Crippen molar-refractivity contribution in [3.05, 3.63) is 16.3 Å². The Kier molecular flexibility index (Phi) is 4.53. The van der Waals surface area contributed by atoms with Crippen LogP contribution in [0.15, 0.2) is 6.20 Å². The molecule has 9 nitrogen and oxygen atoms in total. The van der Waals surface area contributed by atoms with E-state index in [9.17, 15) is 10.1 Å². The van der Waals surface area contributed by atoms with Crippen molar-refractivity contribution < 1.29 is 4.92 Å². The summed E-state index contributed by atoms with van der Waals surface area (Å²) >= 11 is 0. The van der Waals surface area contributed by atoms with Crippen LogP contribution < -0.4 is 16.6 Å². The molecule has 2 rings (SSSR count). The molecule has 0 amide bonds. The summed E-state index contributed by atoms with van der Waals surface area (Å²) in [6, 6.07) is 0. The van der Waals surface area contributed by atoms with Gasteiger partial charge < -0.3 is 10.2 Å². The van der Waals surface area contributed by atoms with E-state index in [-0.39, 0.29) is 23.0 Å². The Morgan fingerprint density at radius 2 is 2.14 bits per heavy atom. The Morgan fingerprint density at radius 3 is 2.67 bits per heavy atom. The van der Waals surface area contributed by atoms with Crippen LogP contribution >= 0.6 is 0 Å². The Morgan fingerprint density at radius 1 is 1.48 bits per heavy atom. The molecule has 0 aliphatic heterocycles. The third-order valence-corrected chi connectivity index (χ3v) is 4.16. The highest BCUT2D eigenvalue weighted by molar-refractivity contribution is 5.57. The quantitative estimate of drug-likeness (QED) is 0.403. The zero-order valence-corrected chi connectivity index (χ0v) is 12.3. The Labute approximate surface area is 123 Å². The molecule has 1 saturated carbocycles. The van der Waals surface area contributed by atoms with Crippen LogP contribution in [-0.2, 0) is 0 Å². The van der Waals surface area contributed by atoms with Crippen LogP contribution in [0.25, 0.3) is 0 Å². The summed E-state index contributed by atoms with van der Waals surface area (Å²) in [6.45, 7) is 0.599. The molecule has 116 valence electrons. The summed E-state index contributed by atoms with van der Waals surface area (Å²) in [6.07, 6.45) is 5.62. The highest BCUT2D eigenvalue weighted by Crippen LogP contribution is 2.34. The summed E-state index contributed by atoms with van der Waals surface area (Å²) in [7, 11) is 4.07. The maximum Gasteiger partial charge on any atom is 0.329 e. The van der Waals surface area contributed by atoms with Gasteiger partial charge in [0, 0.05) is 12.1 Å². The number of nitrogens with two attached hydrogens (primary N) is 1. The number of hydrogen-bond acceptors (Lipinski definition) is 8. The zero-order valence-electron chi connectivity index (χ0n) is 12.3. The Balaban J connectivity index is 2.20. The van der Waals surface area contributed by atoms with Gasteiger partial charge in [0.15, 0.2) is 0 Å². The fourth-order valence-electron chi connectivity index (χ4n) is 2.77. The van der Waals surface area contributed by atoms with Gasteiger partial charge in [-0.3, -0.25) is 15.5 Å². The topological polar surface area (TPSA) is 122 Å². The van der Waals surface area contributed by atoms with Crippen molar-refractivity contribution in [1.29, 1.82) is 0 Å². The fraction of sp³-hybridized carbons (Fsp3) is 0.667. The van der Waals surface area contributed by atoms with Gasteiger partial charge in [-0.2, -0.15) is 4.98 Å².